The number of hydrogen-bond acceptors (Lipinski definition) is 3. The molecule has 0 bridgehead atoms. The van der Waals surface area contributed by atoms with E-state index in [1.165, 1.54) is 81.7 Å². The van der Waals surface area contributed by atoms with Crippen LogP contribution in [0.15, 0.2) is 179 Å². The van der Waals surface area contributed by atoms with E-state index in [4.69, 9.17) is 0 Å². The summed E-state index contributed by atoms with van der Waals surface area (Å²) >= 11 is 0. The number of aromatic nitrogens is 2. The first-order valence-corrected chi connectivity index (χ1v) is 30.0. The number of anilines is 3. The molecular formula is C77H69N3O2. The number of rotatable bonds is 11. The van der Waals surface area contributed by atoms with Crippen molar-refractivity contribution in [2.24, 2.45) is 5.92 Å². The monoisotopic (exact) mass is 1070 g/mol. The highest BCUT2D eigenvalue weighted by molar-refractivity contribution is 6.40. The van der Waals surface area contributed by atoms with Crippen LogP contribution in [0.1, 0.15) is 134 Å². The van der Waals surface area contributed by atoms with E-state index in [0.717, 1.165) is 92.0 Å². The average molecular weight is 1070 g/mol. The Hall–Kier alpha value is -8.54. The van der Waals surface area contributed by atoms with Crippen molar-refractivity contribution in [1.29, 1.82) is 0 Å². The molecule has 5 nitrogen and oxygen atoms in total. The number of para-hydroxylation sites is 1. The maximum Gasteiger partial charge on any atom is 0.266 e. The fourth-order valence-corrected chi connectivity index (χ4v) is 15.6. The van der Waals surface area contributed by atoms with Gasteiger partial charge in [0.15, 0.2) is 0 Å². The molecule has 82 heavy (non-hydrogen) atoms. The van der Waals surface area contributed by atoms with E-state index in [9.17, 15) is 0 Å². The van der Waals surface area contributed by atoms with Gasteiger partial charge in [0.25, 0.3) is 11.1 Å². The van der Waals surface area contributed by atoms with Gasteiger partial charge in [0.1, 0.15) is 0 Å². The summed E-state index contributed by atoms with van der Waals surface area (Å²) in [6.07, 6.45) is 3.34. The second-order valence-electron chi connectivity index (χ2n) is 25.7. The van der Waals surface area contributed by atoms with Crippen LogP contribution < -0.4 is 16.0 Å². The predicted molar refractivity (Wildman–Crippen MR) is 348 cm³/mol. The van der Waals surface area contributed by atoms with E-state index < -0.39 is 0 Å². The molecule has 1 atom stereocenters. The Labute approximate surface area is 479 Å². The first-order chi connectivity index (χ1) is 39.6. The quantitative estimate of drug-likeness (QED) is 0.0958. The summed E-state index contributed by atoms with van der Waals surface area (Å²) in [6.45, 7) is 23.6. The molecule has 2 aromatic heterocycles. The zero-order chi connectivity index (χ0) is 56.4. The van der Waals surface area contributed by atoms with Gasteiger partial charge in [0.2, 0.25) is 0 Å². The Balaban J connectivity index is 0.975. The summed E-state index contributed by atoms with van der Waals surface area (Å²) in [7, 11) is 0. The molecule has 2 heterocycles. The van der Waals surface area contributed by atoms with Gasteiger partial charge in [-0.2, -0.15) is 0 Å². The highest BCUT2D eigenvalue weighted by Crippen LogP contribution is 2.54. The molecule has 0 aliphatic heterocycles. The molecule has 0 saturated heterocycles. The normalized spacial score (nSPS) is 14.6. The Morgan fingerprint density at radius 2 is 0.854 bits per heavy atom. The topological polar surface area (TPSA) is 47.2 Å². The smallest absolute Gasteiger partial charge is 0.266 e. The first-order valence-electron chi connectivity index (χ1n) is 30.0. The van der Waals surface area contributed by atoms with Crippen molar-refractivity contribution in [2.45, 2.75) is 118 Å². The van der Waals surface area contributed by atoms with Gasteiger partial charge in [0, 0.05) is 72.3 Å². The molecule has 0 amide bonds. The predicted octanol–water partition coefficient (Wildman–Crippen LogP) is 20.1. The lowest BCUT2D eigenvalue weighted by molar-refractivity contribution is 0.409. The lowest BCUT2D eigenvalue weighted by Crippen LogP contribution is -2.33. The van der Waals surface area contributed by atoms with Gasteiger partial charge < -0.3 is 9.47 Å². The maximum atomic E-state index is 15.1. The largest absolute Gasteiger partial charge is 0.340 e. The second-order valence-corrected chi connectivity index (χ2v) is 25.7. The summed E-state index contributed by atoms with van der Waals surface area (Å²) in [5.41, 5.74) is 18.4. The number of pyridine rings is 2. The van der Waals surface area contributed by atoms with Gasteiger partial charge >= 0.3 is 0 Å². The summed E-state index contributed by atoms with van der Waals surface area (Å²) in [5, 5.41) is 12.2. The van der Waals surface area contributed by atoms with Crippen LogP contribution in [0.25, 0.3) is 104 Å². The van der Waals surface area contributed by atoms with Crippen molar-refractivity contribution in [3.8, 4) is 27.9 Å². The third-order valence-electron chi connectivity index (χ3n) is 19.8. The van der Waals surface area contributed by atoms with Crippen molar-refractivity contribution < 1.29 is 0 Å². The molecule has 1 unspecified atom stereocenters. The zero-order valence-corrected chi connectivity index (χ0v) is 48.9. The van der Waals surface area contributed by atoms with Crippen LogP contribution in [0, 0.1) is 5.92 Å². The zero-order valence-electron chi connectivity index (χ0n) is 48.9. The third kappa shape index (κ3) is 6.86. The highest BCUT2D eigenvalue weighted by Gasteiger charge is 2.38. The molecule has 0 spiro atoms. The summed E-state index contributed by atoms with van der Waals surface area (Å²) in [6, 6.07) is 63.3. The highest BCUT2D eigenvalue weighted by atomic mass is 16.2. The van der Waals surface area contributed by atoms with Gasteiger partial charge in [0.05, 0.1) is 11.2 Å². The number of benzene rings is 11. The second kappa shape index (κ2) is 18.0. The van der Waals surface area contributed by atoms with Crippen molar-refractivity contribution in [1.82, 2.24) is 9.13 Å². The van der Waals surface area contributed by atoms with Gasteiger partial charge in [-0.3, -0.25) is 9.59 Å². The van der Waals surface area contributed by atoms with Gasteiger partial charge in [-0.05, 0) is 167 Å². The van der Waals surface area contributed by atoms with Crippen molar-refractivity contribution in [3.05, 3.63) is 224 Å². The van der Waals surface area contributed by atoms with Crippen molar-refractivity contribution in [3.63, 3.8) is 0 Å². The Bertz CT molecular complexity index is 4750. The van der Waals surface area contributed by atoms with Crippen LogP contribution >= 0.6 is 0 Å². The molecule has 0 N–H and O–H groups in total. The van der Waals surface area contributed by atoms with E-state index in [1.54, 1.807) is 0 Å². The maximum absolute atomic E-state index is 15.1. The summed E-state index contributed by atoms with van der Waals surface area (Å²) in [4.78, 5) is 32.8. The Kier molecular flexibility index (Phi) is 11.1. The minimum Gasteiger partial charge on any atom is -0.340 e. The lowest BCUT2D eigenvalue weighted by atomic mass is 9.82. The Morgan fingerprint density at radius 3 is 1.37 bits per heavy atom. The van der Waals surface area contributed by atoms with E-state index in [2.05, 4.69) is 236 Å². The number of nitrogens with zero attached hydrogens (tertiary/aromatic N) is 3. The standard InChI is InChI=1S/C77H69N3O2/c1-11-18-45(12-2)42-78-67-38-37-60-58-34-36-62-71-61(74(81)80(75(62)82)73-49(43(3)4)21-17-22-50(73)44(5)6)35-33-57(69(58)71)59-32-31-56(72(67)70(59)60)55-30-27-48(41-68(55)78)79(46-25-28-53-51-19-13-15-23-63(51)76(7,8)65(53)39-46)47-26-29-54-52-20-14-16-24-64(52)77(9,10)66(54)40-47/h13-17,19-41,43-45H,11-12,18,42H2,1-10H3. The van der Waals surface area contributed by atoms with Crippen molar-refractivity contribution >= 4 is 92.7 Å². The summed E-state index contributed by atoms with van der Waals surface area (Å²) in [5.74, 6) is 0.711. The minimum absolute atomic E-state index is 0.119. The number of fused-ring (bicyclic) bond motifs is 10. The molecule has 0 radical (unpaired) electrons. The van der Waals surface area contributed by atoms with Gasteiger partial charge in [-0.25, -0.2) is 4.57 Å². The van der Waals surface area contributed by atoms with E-state index in [0.29, 0.717) is 16.7 Å². The van der Waals surface area contributed by atoms with Crippen LogP contribution in [0.5, 0.6) is 0 Å². The van der Waals surface area contributed by atoms with Gasteiger partial charge in [-0.1, -0.05) is 197 Å². The Morgan fingerprint density at radius 1 is 0.427 bits per heavy atom. The molecular weight excluding hydrogens is 999 g/mol. The van der Waals surface area contributed by atoms with Crippen LogP contribution in [-0.4, -0.2) is 9.13 Å². The molecule has 15 rings (SSSR count). The van der Waals surface area contributed by atoms with Crippen LogP contribution in [0.4, 0.5) is 17.1 Å². The van der Waals surface area contributed by atoms with E-state index in [-0.39, 0.29) is 33.8 Å². The van der Waals surface area contributed by atoms with Crippen molar-refractivity contribution in [2.75, 3.05) is 4.90 Å². The van der Waals surface area contributed by atoms with Gasteiger partial charge in [-0.15, -0.1) is 0 Å². The molecule has 11 aromatic carbocycles. The SMILES string of the molecule is CCCC(CC)Cn1c2cc(N(c3ccc4c(c3)C(C)(C)c3ccccc3-4)c3ccc4c(c3)C(C)(C)c3ccccc3-4)ccc2c2ccc3c4ccc5c(=O)n(-c6c(C(C)C)cccc6C(C)C)c(=O)c6ccc(c7ccc1c2c37)c4c56. The van der Waals surface area contributed by atoms with Crippen LogP contribution in [0.3, 0.4) is 0 Å². The minimum atomic E-state index is -0.258. The molecule has 0 fully saturated rings. The first kappa shape index (κ1) is 50.4. The fraction of sp³-hybridized carbons (Fsp3) is 0.247. The fourth-order valence-electron chi connectivity index (χ4n) is 15.6. The molecule has 5 heteroatoms. The van der Waals surface area contributed by atoms with E-state index >= 15 is 9.59 Å². The van der Waals surface area contributed by atoms with Crippen LogP contribution in [0.2, 0.25) is 0 Å². The molecule has 2 aliphatic carbocycles. The lowest BCUT2D eigenvalue weighted by Gasteiger charge is -2.30. The number of hydrogen-bond donors (Lipinski definition) is 0. The molecule has 0 saturated carbocycles. The third-order valence-corrected chi connectivity index (χ3v) is 19.8. The molecule has 13 aromatic rings. The molecule has 2 aliphatic rings. The average Bonchev–Trinajstić information content (AvgIpc) is 2.10. The molecule has 404 valence electrons. The summed E-state index contributed by atoms with van der Waals surface area (Å²) < 4.78 is 4.14. The van der Waals surface area contributed by atoms with Crippen LogP contribution in [-0.2, 0) is 17.4 Å². The van der Waals surface area contributed by atoms with E-state index in [1.807, 2.05) is 12.1 Å².